The molecule has 4 rings (SSSR count). The minimum atomic E-state index is -0.0610. The number of hydrogen-bond acceptors (Lipinski definition) is 5. The third-order valence-electron chi connectivity index (χ3n) is 5.29. The van der Waals surface area contributed by atoms with E-state index in [0.29, 0.717) is 36.5 Å². The molecule has 0 bridgehead atoms. The van der Waals surface area contributed by atoms with Crippen molar-refractivity contribution in [3.63, 3.8) is 0 Å². The number of rotatable bonds is 4. The first-order valence-electron chi connectivity index (χ1n) is 9.30. The van der Waals surface area contributed by atoms with Crippen LogP contribution in [0.1, 0.15) is 45.6 Å². The van der Waals surface area contributed by atoms with Gasteiger partial charge in [0.05, 0.1) is 22.0 Å². The van der Waals surface area contributed by atoms with E-state index < -0.39 is 0 Å². The van der Waals surface area contributed by atoms with Crippen molar-refractivity contribution in [1.82, 2.24) is 19.7 Å². The van der Waals surface area contributed by atoms with Gasteiger partial charge < -0.3 is 4.90 Å². The fraction of sp³-hybridized carbons (Fsp3) is 0.400. The van der Waals surface area contributed by atoms with Crippen LogP contribution in [0, 0.1) is 12.8 Å². The van der Waals surface area contributed by atoms with Crippen molar-refractivity contribution in [2.45, 2.75) is 33.2 Å². The smallest absolute Gasteiger partial charge is 0.257 e. The molecule has 1 aliphatic heterocycles. The van der Waals surface area contributed by atoms with Crippen molar-refractivity contribution < 1.29 is 9.59 Å². The van der Waals surface area contributed by atoms with Crippen molar-refractivity contribution in [3.05, 3.63) is 46.7 Å². The average molecular weight is 382 g/mol. The number of carbonyl (C=O) groups excluding carboxylic acids is 2. The molecule has 2 aromatic heterocycles. The number of nitrogens with zero attached hydrogens (tertiary/aromatic N) is 4. The van der Waals surface area contributed by atoms with Gasteiger partial charge in [-0.2, -0.15) is 5.10 Å². The maximum Gasteiger partial charge on any atom is 0.257 e. The molecule has 27 heavy (non-hydrogen) atoms. The molecular formula is C20H22N4O2S. The van der Waals surface area contributed by atoms with E-state index in [4.69, 9.17) is 0 Å². The van der Waals surface area contributed by atoms with E-state index in [-0.39, 0.29) is 17.6 Å². The fourth-order valence-electron chi connectivity index (χ4n) is 3.64. The molecule has 0 unspecified atom stereocenters. The Balaban J connectivity index is 1.43. The van der Waals surface area contributed by atoms with Gasteiger partial charge in [-0.15, -0.1) is 11.3 Å². The number of thiazole rings is 1. The summed E-state index contributed by atoms with van der Waals surface area (Å²) in [5.41, 5.74) is 2.44. The highest BCUT2D eigenvalue weighted by Crippen LogP contribution is 2.28. The topological polar surface area (TPSA) is 68.1 Å². The Bertz CT molecular complexity index is 966. The summed E-state index contributed by atoms with van der Waals surface area (Å²) in [6, 6.07) is 7.82. The first-order chi connectivity index (χ1) is 13.1. The van der Waals surface area contributed by atoms with Gasteiger partial charge in [0.25, 0.3) is 5.91 Å². The van der Waals surface area contributed by atoms with E-state index in [2.05, 4.69) is 10.1 Å². The maximum atomic E-state index is 12.8. The van der Waals surface area contributed by atoms with Crippen molar-refractivity contribution in [2.75, 3.05) is 13.1 Å². The summed E-state index contributed by atoms with van der Waals surface area (Å²) in [5.74, 6) is 0.0606. The van der Waals surface area contributed by atoms with Crippen LogP contribution in [-0.2, 0) is 6.54 Å². The number of hydrogen-bond donors (Lipinski definition) is 0. The van der Waals surface area contributed by atoms with Crippen LogP contribution in [0.15, 0.2) is 30.5 Å². The molecule has 0 aliphatic carbocycles. The number of piperidine rings is 1. The van der Waals surface area contributed by atoms with Gasteiger partial charge in [0.15, 0.2) is 10.8 Å². The van der Waals surface area contributed by atoms with Crippen molar-refractivity contribution in [3.8, 4) is 0 Å². The third kappa shape index (κ3) is 3.27. The minimum absolute atomic E-state index is 0.0121. The number of benzene rings is 1. The molecule has 1 saturated heterocycles. The first-order valence-corrected chi connectivity index (χ1v) is 10.1. The Morgan fingerprint density at radius 3 is 2.63 bits per heavy atom. The SMILES string of the molecule is CCn1ncc(C(=O)N2CCC(C(=O)c3nc4ccccc4s3)CC2)c1C. The predicted molar refractivity (Wildman–Crippen MR) is 105 cm³/mol. The van der Waals surface area contributed by atoms with E-state index in [9.17, 15) is 9.59 Å². The van der Waals surface area contributed by atoms with Gasteiger partial charge in [0, 0.05) is 31.2 Å². The molecule has 140 valence electrons. The molecule has 0 saturated carbocycles. The molecule has 0 atom stereocenters. The number of Topliss-reactive ketones (excluding diaryl/α,β-unsaturated/α-hetero) is 1. The Kier molecular flexibility index (Phi) is 4.78. The summed E-state index contributed by atoms with van der Waals surface area (Å²) >= 11 is 1.46. The molecule has 1 amide bonds. The van der Waals surface area contributed by atoms with Crippen molar-refractivity contribution in [2.24, 2.45) is 5.92 Å². The Morgan fingerprint density at radius 1 is 1.22 bits per heavy atom. The zero-order chi connectivity index (χ0) is 19.0. The van der Waals surface area contributed by atoms with Crippen LogP contribution in [0.2, 0.25) is 0 Å². The third-order valence-corrected chi connectivity index (χ3v) is 6.34. The minimum Gasteiger partial charge on any atom is -0.338 e. The highest BCUT2D eigenvalue weighted by Gasteiger charge is 2.30. The van der Waals surface area contributed by atoms with Gasteiger partial charge in [-0.1, -0.05) is 12.1 Å². The Hall–Kier alpha value is -2.54. The van der Waals surface area contributed by atoms with Crippen molar-refractivity contribution in [1.29, 1.82) is 0 Å². The summed E-state index contributed by atoms with van der Waals surface area (Å²) in [6.07, 6.45) is 3.02. The van der Waals surface area contributed by atoms with Gasteiger partial charge in [0.2, 0.25) is 0 Å². The normalized spacial score (nSPS) is 15.4. The molecule has 6 nitrogen and oxygen atoms in total. The Morgan fingerprint density at radius 2 is 1.96 bits per heavy atom. The molecule has 0 N–H and O–H groups in total. The molecule has 3 aromatic rings. The number of fused-ring (bicyclic) bond motifs is 1. The van der Waals surface area contributed by atoms with Gasteiger partial charge in [-0.3, -0.25) is 14.3 Å². The lowest BCUT2D eigenvalue weighted by molar-refractivity contribution is 0.0649. The zero-order valence-corrected chi connectivity index (χ0v) is 16.3. The van der Waals surface area contributed by atoms with E-state index in [1.165, 1.54) is 11.3 Å². The number of aromatic nitrogens is 3. The molecule has 1 aliphatic rings. The highest BCUT2D eigenvalue weighted by atomic mass is 32.1. The summed E-state index contributed by atoms with van der Waals surface area (Å²) < 4.78 is 2.87. The van der Waals surface area contributed by atoms with Crippen LogP contribution in [-0.4, -0.2) is 44.4 Å². The summed E-state index contributed by atoms with van der Waals surface area (Å²) in [4.78, 5) is 32.0. The van der Waals surface area contributed by atoms with E-state index >= 15 is 0 Å². The number of amides is 1. The second-order valence-electron chi connectivity index (χ2n) is 6.88. The summed E-state index contributed by atoms with van der Waals surface area (Å²) in [6.45, 7) is 5.87. The molecule has 0 spiro atoms. The predicted octanol–water partition coefficient (Wildman–Crippen LogP) is 3.56. The standard InChI is InChI=1S/C20H22N4O2S/c1-3-24-13(2)15(12-21-24)20(26)23-10-8-14(9-11-23)18(25)19-22-16-6-4-5-7-17(16)27-19/h4-7,12,14H,3,8-11H2,1-2H3. The van der Waals surface area contributed by atoms with E-state index in [0.717, 1.165) is 22.5 Å². The maximum absolute atomic E-state index is 12.8. The zero-order valence-electron chi connectivity index (χ0n) is 15.5. The number of carbonyl (C=O) groups is 2. The number of aryl methyl sites for hydroxylation is 1. The largest absolute Gasteiger partial charge is 0.338 e. The van der Waals surface area contributed by atoms with Crippen LogP contribution in [0.5, 0.6) is 0 Å². The fourth-order valence-corrected chi connectivity index (χ4v) is 4.63. The van der Waals surface area contributed by atoms with Crippen LogP contribution < -0.4 is 0 Å². The van der Waals surface area contributed by atoms with E-state index in [1.54, 1.807) is 6.20 Å². The van der Waals surface area contributed by atoms with Gasteiger partial charge in [0.1, 0.15) is 0 Å². The molecule has 3 heterocycles. The highest BCUT2D eigenvalue weighted by molar-refractivity contribution is 7.20. The lowest BCUT2D eigenvalue weighted by Gasteiger charge is -2.31. The molecule has 7 heteroatoms. The quantitative estimate of drug-likeness (QED) is 0.647. The van der Waals surface area contributed by atoms with Gasteiger partial charge in [-0.05, 0) is 38.8 Å². The number of ketones is 1. The molecule has 1 aromatic carbocycles. The summed E-state index contributed by atoms with van der Waals surface area (Å²) in [7, 11) is 0. The average Bonchev–Trinajstić information content (AvgIpc) is 3.30. The second-order valence-corrected chi connectivity index (χ2v) is 7.91. The monoisotopic (exact) mass is 382 g/mol. The summed E-state index contributed by atoms with van der Waals surface area (Å²) in [5, 5.41) is 4.85. The second kappa shape index (κ2) is 7.23. The number of likely N-dealkylation sites (tertiary alicyclic amines) is 1. The van der Waals surface area contributed by atoms with Gasteiger partial charge >= 0.3 is 0 Å². The number of para-hydroxylation sites is 1. The van der Waals surface area contributed by atoms with Crippen LogP contribution in [0.4, 0.5) is 0 Å². The molecular weight excluding hydrogens is 360 g/mol. The molecule has 0 radical (unpaired) electrons. The van der Waals surface area contributed by atoms with Crippen LogP contribution in [0.3, 0.4) is 0 Å². The van der Waals surface area contributed by atoms with E-state index in [1.807, 2.05) is 47.7 Å². The first kappa shape index (κ1) is 17.9. The lowest BCUT2D eigenvalue weighted by atomic mass is 9.92. The van der Waals surface area contributed by atoms with Crippen molar-refractivity contribution >= 4 is 33.2 Å². The van der Waals surface area contributed by atoms with Crippen LogP contribution in [0.25, 0.3) is 10.2 Å². The lowest BCUT2D eigenvalue weighted by Crippen LogP contribution is -2.40. The molecule has 1 fully saturated rings. The van der Waals surface area contributed by atoms with Crippen LogP contribution >= 0.6 is 11.3 Å². The van der Waals surface area contributed by atoms with Gasteiger partial charge in [-0.25, -0.2) is 4.98 Å². The Labute approximate surface area is 161 Å².